The Hall–Kier alpha value is -1.71. The quantitative estimate of drug-likeness (QED) is 0.847. The summed E-state index contributed by atoms with van der Waals surface area (Å²) >= 11 is 0. The molecule has 17 heavy (non-hydrogen) atoms. The van der Waals surface area contributed by atoms with Gasteiger partial charge in [-0.2, -0.15) is 0 Å². The van der Waals surface area contributed by atoms with E-state index in [1.807, 2.05) is 12.1 Å². The number of hydrogen-bond acceptors (Lipinski definition) is 2. The second kappa shape index (κ2) is 5.57. The van der Waals surface area contributed by atoms with Crippen molar-refractivity contribution in [3.63, 3.8) is 0 Å². The third-order valence-corrected chi connectivity index (χ3v) is 2.13. The Morgan fingerprint density at radius 1 is 1.29 bits per heavy atom. The van der Waals surface area contributed by atoms with Crippen LogP contribution in [0.2, 0.25) is 0 Å². The summed E-state index contributed by atoms with van der Waals surface area (Å²) in [6.07, 6.45) is 0. The summed E-state index contributed by atoms with van der Waals surface area (Å²) in [5.74, 6) is 0.651. The molecule has 0 saturated heterocycles. The molecular formula is C13H20N2O2. The Kier molecular flexibility index (Phi) is 4.37. The monoisotopic (exact) mass is 236 g/mol. The van der Waals surface area contributed by atoms with Crippen molar-refractivity contribution < 1.29 is 9.53 Å². The molecule has 0 aliphatic carbocycles. The van der Waals surface area contributed by atoms with Gasteiger partial charge in [0, 0.05) is 6.54 Å². The van der Waals surface area contributed by atoms with Crippen LogP contribution in [0.1, 0.15) is 20.8 Å². The van der Waals surface area contributed by atoms with Crippen LogP contribution in [0, 0.1) is 5.41 Å². The van der Waals surface area contributed by atoms with Gasteiger partial charge in [0.15, 0.2) is 0 Å². The minimum absolute atomic E-state index is 0.0676. The number of carbonyl (C=O) groups excluding carboxylic acids is 1. The van der Waals surface area contributed by atoms with Crippen molar-refractivity contribution in [2.24, 2.45) is 5.41 Å². The maximum absolute atomic E-state index is 11.6. The lowest BCUT2D eigenvalue weighted by molar-refractivity contribution is 0.246. The van der Waals surface area contributed by atoms with Crippen LogP contribution in [-0.4, -0.2) is 19.7 Å². The number of ether oxygens (including phenoxy) is 1. The van der Waals surface area contributed by atoms with Crippen molar-refractivity contribution in [1.29, 1.82) is 0 Å². The van der Waals surface area contributed by atoms with Gasteiger partial charge in [0.25, 0.3) is 0 Å². The standard InChI is InChI=1S/C13H20N2O2/c1-13(2,3)9-14-12(16)15-10-7-5-6-8-11(10)17-4/h5-8H,9H2,1-4H3,(H2,14,15,16). The molecule has 1 rings (SSSR count). The number of rotatable bonds is 3. The lowest BCUT2D eigenvalue weighted by atomic mass is 9.97. The molecule has 2 N–H and O–H groups in total. The van der Waals surface area contributed by atoms with Crippen LogP contribution in [0.5, 0.6) is 5.75 Å². The zero-order chi connectivity index (χ0) is 12.9. The molecule has 0 aliphatic rings. The smallest absolute Gasteiger partial charge is 0.319 e. The summed E-state index contributed by atoms with van der Waals surface area (Å²) in [4.78, 5) is 11.6. The van der Waals surface area contributed by atoms with Crippen LogP contribution in [0.3, 0.4) is 0 Å². The van der Waals surface area contributed by atoms with Gasteiger partial charge in [-0.3, -0.25) is 0 Å². The van der Waals surface area contributed by atoms with Crippen LogP contribution in [0.4, 0.5) is 10.5 Å². The number of hydrogen-bond donors (Lipinski definition) is 2. The molecular weight excluding hydrogens is 216 g/mol. The molecule has 0 aromatic heterocycles. The van der Waals surface area contributed by atoms with Crippen molar-refractivity contribution in [3.8, 4) is 5.75 Å². The van der Waals surface area contributed by atoms with E-state index in [-0.39, 0.29) is 11.4 Å². The molecule has 2 amide bonds. The van der Waals surface area contributed by atoms with Gasteiger partial charge < -0.3 is 15.4 Å². The number of nitrogens with one attached hydrogen (secondary N) is 2. The fraction of sp³-hybridized carbons (Fsp3) is 0.462. The summed E-state index contributed by atoms with van der Waals surface area (Å²) in [5, 5.41) is 5.58. The van der Waals surface area contributed by atoms with Crippen molar-refractivity contribution in [2.45, 2.75) is 20.8 Å². The van der Waals surface area contributed by atoms with Gasteiger partial charge in [0.05, 0.1) is 12.8 Å². The van der Waals surface area contributed by atoms with E-state index in [9.17, 15) is 4.79 Å². The van der Waals surface area contributed by atoms with Gasteiger partial charge in [-0.15, -0.1) is 0 Å². The average Bonchev–Trinajstić information content (AvgIpc) is 2.26. The highest BCUT2D eigenvalue weighted by Gasteiger charge is 2.12. The van der Waals surface area contributed by atoms with E-state index >= 15 is 0 Å². The third-order valence-electron chi connectivity index (χ3n) is 2.13. The largest absolute Gasteiger partial charge is 0.495 e. The maximum Gasteiger partial charge on any atom is 0.319 e. The molecule has 0 unspecified atom stereocenters. The molecule has 0 heterocycles. The number of para-hydroxylation sites is 2. The first kappa shape index (κ1) is 13.4. The Labute approximate surface area is 102 Å². The highest BCUT2D eigenvalue weighted by Crippen LogP contribution is 2.22. The molecule has 1 aromatic rings. The summed E-state index contributed by atoms with van der Waals surface area (Å²) in [7, 11) is 1.58. The number of methoxy groups -OCH3 is 1. The molecule has 0 radical (unpaired) electrons. The van der Waals surface area contributed by atoms with Crippen LogP contribution >= 0.6 is 0 Å². The van der Waals surface area contributed by atoms with Gasteiger partial charge in [-0.25, -0.2) is 4.79 Å². The lowest BCUT2D eigenvalue weighted by Crippen LogP contribution is -2.35. The Balaban J connectivity index is 2.56. The number of benzene rings is 1. The summed E-state index contributed by atoms with van der Waals surface area (Å²) in [6.45, 7) is 6.82. The van der Waals surface area contributed by atoms with Crippen molar-refractivity contribution in [3.05, 3.63) is 24.3 Å². The molecule has 0 spiro atoms. The molecule has 0 atom stereocenters. The molecule has 1 aromatic carbocycles. The van der Waals surface area contributed by atoms with Gasteiger partial charge >= 0.3 is 6.03 Å². The molecule has 0 fully saturated rings. The predicted octanol–water partition coefficient (Wildman–Crippen LogP) is 2.86. The van der Waals surface area contributed by atoms with E-state index in [0.29, 0.717) is 18.0 Å². The van der Waals surface area contributed by atoms with E-state index in [1.165, 1.54) is 0 Å². The second-order valence-corrected chi connectivity index (χ2v) is 5.07. The van der Waals surface area contributed by atoms with Crippen LogP contribution in [0.15, 0.2) is 24.3 Å². The number of carbonyl (C=O) groups is 1. The molecule has 94 valence electrons. The zero-order valence-electron chi connectivity index (χ0n) is 10.8. The Morgan fingerprint density at radius 2 is 1.94 bits per heavy atom. The first-order chi connectivity index (χ1) is 7.92. The van der Waals surface area contributed by atoms with E-state index in [0.717, 1.165) is 0 Å². The lowest BCUT2D eigenvalue weighted by Gasteiger charge is -2.19. The van der Waals surface area contributed by atoms with Gasteiger partial charge in [0.1, 0.15) is 5.75 Å². The minimum Gasteiger partial charge on any atom is -0.495 e. The summed E-state index contributed by atoms with van der Waals surface area (Å²) < 4.78 is 5.15. The highest BCUT2D eigenvalue weighted by atomic mass is 16.5. The van der Waals surface area contributed by atoms with E-state index in [2.05, 4.69) is 31.4 Å². The first-order valence-corrected chi connectivity index (χ1v) is 5.60. The average molecular weight is 236 g/mol. The van der Waals surface area contributed by atoms with Gasteiger partial charge in [-0.1, -0.05) is 32.9 Å². The molecule has 0 saturated carbocycles. The SMILES string of the molecule is COc1ccccc1NC(=O)NCC(C)(C)C. The third kappa shape index (κ3) is 4.76. The maximum atomic E-state index is 11.6. The number of amides is 2. The van der Waals surface area contributed by atoms with Crippen molar-refractivity contribution >= 4 is 11.7 Å². The molecule has 4 heteroatoms. The van der Waals surface area contributed by atoms with E-state index < -0.39 is 0 Å². The Morgan fingerprint density at radius 3 is 2.53 bits per heavy atom. The van der Waals surface area contributed by atoms with Crippen LogP contribution in [-0.2, 0) is 0 Å². The van der Waals surface area contributed by atoms with E-state index in [1.54, 1.807) is 19.2 Å². The fourth-order valence-corrected chi connectivity index (χ4v) is 1.26. The Bertz CT molecular complexity index is 383. The second-order valence-electron chi connectivity index (χ2n) is 5.07. The van der Waals surface area contributed by atoms with Crippen LogP contribution in [0.25, 0.3) is 0 Å². The molecule has 0 bridgehead atoms. The summed E-state index contributed by atoms with van der Waals surface area (Å²) in [5.41, 5.74) is 0.736. The first-order valence-electron chi connectivity index (χ1n) is 5.60. The molecule has 0 aliphatic heterocycles. The van der Waals surface area contributed by atoms with Crippen molar-refractivity contribution in [2.75, 3.05) is 19.0 Å². The summed E-state index contributed by atoms with van der Waals surface area (Å²) in [6, 6.07) is 7.10. The zero-order valence-corrected chi connectivity index (χ0v) is 10.8. The fourth-order valence-electron chi connectivity index (χ4n) is 1.26. The highest BCUT2D eigenvalue weighted by molar-refractivity contribution is 5.90. The van der Waals surface area contributed by atoms with Crippen molar-refractivity contribution in [1.82, 2.24) is 5.32 Å². The van der Waals surface area contributed by atoms with Gasteiger partial charge in [0.2, 0.25) is 0 Å². The topological polar surface area (TPSA) is 50.4 Å². The molecule has 4 nitrogen and oxygen atoms in total. The van der Waals surface area contributed by atoms with E-state index in [4.69, 9.17) is 4.74 Å². The number of anilines is 1. The minimum atomic E-state index is -0.218. The number of urea groups is 1. The van der Waals surface area contributed by atoms with Gasteiger partial charge in [-0.05, 0) is 17.5 Å². The normalized spacial score (nSPS) is 10.8. The van der Waals surface area contributed by atoms with Crippen LogP contribution < -0.4 is 15.4 Å². The predicted molar refractivity (Wildman–Crippen MR) is 69.5 cm³/mol.